The topological polar surface area (TPSA) is 41.6 Å². The van der Waals surface area contributed by atoms with Gasteiger partial charge < -0.3 is 10.1 Å². The minimum atomic E-state index is 0.0161. The quantitative estimate of drug-likeness (QED) is 0.798. The number of hydrogen-bond acceptors (Lipinski definition) is 3. The monoisotopic (exact) mass is 346 g/mol. The first-order valence-corrected chi connectivity index (χ1v) is 8.27. The van der Waals surface area contributed by atoms with E-state index in [1.165, 1.54) is 0 Å². The van der Waals surface area contributed by atoms with Crippen LogP contribution in [0.3, 0.4) is 0 Å². The van der Waals surface area contributed by atoms with Crippen LogP contribution in [0.1, 0.15) is 11.1 Å². The number of likely N-dealkylation sites (N-methyl/N-ethyl adjacent to an activating group) is 1. The van der Waals surface area contributed by atoms with E-state index in [1.54, 1.807) is 7.11 Å². The van der Waals surface area contributed by atoms with Gasteiger partial charge in [-0.3, -0.25) is 9.69 Å². The lowest BCUT2D eigenvalue weighted by atomic mass is 10.1. The summed E-state index contributed by atoms with van der Waals surface area (Å²) in [6.45, 7) is 1.65. The Morgan fingerprint density at radius 2 is 1.92 bits per heavy atom. The molecule has 1 N–H and O–H groups in total. The smallest absolute Gasteiger partial charge is 0.234 e. The fourth-order valence-corrected chi connectivity index (χ4v) is 2.69. The van der Waals surface area contributed by atoms with E-state index in [1.807, 2.05) is 60.5 Å². The standard InChI is InChI=1S/C19H23ClN2O2/c1-22(13-16-6-4-8-18(12-16)24-2)14-19(23)21-10-9-15-5-3-7-17(20)11-15/h3-8,11-12H,9-10,13-14H2,1-2H3,(H,21,23). The number of nitrogens with zero attached hydrogens (tertiary/aromatic N) is 1. The van der Waals surface area contributed by atoms with Gasteiger partial charge >= 0.3 is 0 Å². The van der Waals surface area contributed by atoms with Crippen LogP contribution in [0.5, 0.6) is 5.75 Å². The van der Waals surface area contributed by atoms with Crippen molar-refractivity contribution in [1.82, 2.24) is 10.2 Å². The predicted molar refractivity (Wildman–Crippen MR) is 97.5 cm³/mol. The van der Waals surface area contributed by atoms with Crippen molar-refractivity contribution < 1.29 is 9.53 Å². The number of amides is 1. The van der Waals surface area contributed by atoms with Gasteiger partial charge in [-0.25, -0.2) is 0 Å². The molecule has 24 heavy (non-hydrogen) atoms. The van der Waals surface area contributed by atoms with Crippen LogP contribution in [-0.4, -0.2) is 38.1 Å². The van der Waals surface area contributed by atoms with Crippen molar-refractivity contribution in [2.24, 2.45) is 0 Å². The maximum absolute atomic E-state index is 12.0. The summed E-state index contributed by atoms with van der Waals surface area (Å²) in [5.41, 5.74) is 2.23. The van der Waals surface area contributed by atoms with Gasteiger partial charge in [0, 0.05) is 18.1 Å². The van der Waals surface area contributed by atoms with E-state index in [2.05, 4.69) is 5.32 Å². The van der Waals surface area contributed by atoms with Gasteiger partial charge in [-0.15, -0.1) is 0 Å². The Labute approximate surface area is 148 Å². The van der Waals surface area contributed by atoms with Crippen molar-refractivity contribution in [3.63, 3.8) is 0 Å². The fraction of sp³-hybridized carbons (Fsp3) is 0.316. The minimum Gasteiger partial charge on any atom is -0.497 e. The van der Waals surface area contributed by atoms with Crippen molar-refractivity contribution in [2.45, 2.75) is 13.0 Å². The molecule has 128 valence electrons. The highest BCUT2D eigenvalue weighted by Gasteiger charge is 2.07. The number of halogens is 1. The number of carbonyl (C=O) groups excluding carboxylic acids is 1. The van der Waals surface area contributed by atoms with E-state index in [-0.39, 0.29) is 5.91 Å². The summed E-state index contributed by atoms with van der Waals surface area (Å²) < 4.78 is 5.21. The number of ether oxygens (including phenoxy) is 1. The Morgan fingerprint density at radius 1 is 1.17 bits per heavy atom. The Bertz CT molecular complexity index is 676. The van der Waals surface area contributed by atoms with E-state index >= 15 is 0 Å². The Hall–Kier alpha value is -2.04. The van der Waals surface area contributed by atoms with E-state index in [4.69, 9.17) is 16.3 Å². The van der Waals surface area contributed by atoms with Crippen molar-refractivity contribution in [3.8, 4) is 5.75 Å². The van der Waals surface area contributed by atoms with Crippen LogP contribution < -0.4 is 10.1 Å². The molecule has 0 saturated heterocycles. The van der Waals surface area contributed by atoms with Gasteiger partial charge in [-0.2, -0.15) is 0 Å². The van der Waals surface area contributed by atoms with Crippen LogP contribution in [0.15, 0.2) is 48.5 Å². The number of benzene rings is 2. The van der Waals surface area contributed by atoms with Crippen molar-refractivity contribution in [2.75, 3.05) is 27.2 Å². The molecule has 0 aromatic heterocycles. The molecule has 0 aliphatic rings. The minimum absolute atomic E-state index is 0.0161. The molecule has 1 amide bonds. The third kappa shape index (κ3) is 6.22. The average molecular weight is 347 g/mol. The maximum atomic E-state index is 12.0. The van der Waals surface area contributed by atoms with Crippen molar-refractivity contribution in [3.05, 3.63) is 64.7 Å². The molecule has 0 aliphatic carbocycles. The first kappa shape index (κ1) is 18.3. The molecule has 0 atom stereocenters. The van der Waals surface area contributed by atoms with E-state index in [0.29, 0.717) is 19.6 Å². The molecular weight excluding hydrogens is 324 g/mol. The summed E-state index contributed by atoms with van der Waals surface area (Å²) in [4.78, 5) is 14.0. The third-order valence-electron chi connectivity index (χ3n) is 3.63. The lowest BCUT2D eigenvalue weighted by Gasteiger charge is -2.16. The first-order valence-electron chi connectivity index (χ1n) is 7.89. The molecule has 5 heteroatoms. The normalized spacial score (nSPS) is 10.7. The van der Waals surface area contributed by atoms with Crippen LogP contribution >= 0.6 is 11.6 Å². The number of nitrogens with one attached hydrogen (secondary N) is 1. The van der Waals surface area contributed by atoms with Gasteiger partial charge in [0.2, 0.25) is 5.91 Å². The molecule has 2 aromatic carbocycles. The molecular formula is C19H23ClN2O2. The van der Waals surface area contributed by atoms with Crippen LogP contribution in [0.25, 0.3) is 0 Å². The summed E-state index contributed by atoms with van der Waals surface area (Å²) >= 11 is 5.95. The van der Waals surface area contributed by atoms with Crippen LogP contribution in [0.4, 0.5) is 0 Å². The zero-order chi connectivity index (χ0) is 17.4. The Morgan fingerprint density at radius 3 is 2.67 bits per heavy atom. The number of hydrogen-bond donors (Lipinski definition) is 1. The van der Waals surface area contributed by atoms with Gasteiger partial charge in [0.25, 0.3) is 0 Å². The second-order valence-electron chi connectivity index (χ2n) is 5.75. The Kier molecular flexibility index (Phi) is 7.09. The molecule has 0 bridgehead atoms. The number of carbonyl (C=O) groups is 1. The number of methoxy groups -OCH3 is 1. The summed E-state index contributed by atoms with van der Waals surface area (Å²) in [6.07, 6.45) is 0.770. The van der Waals surface area contributed by atoms with Crippen LogP contribution in [-0.2, 0) is 17.8 Å². The van der Waals surface area contributed by atoms with Gasteiger partial charge in [0.1, 0.15) is 5.75 Å². The largest absolute Gasteiger partial charge is 0.497 e. The van der Waals surface area contributed by atoms with Gasteiger partial charge in [-0.05, 0) is 48.9 Å². The highest BCUT2D eigenvalue weighted by molar-refractivity contribution is 6.30. The molecule has 0 spiro atoms. The highest BCUT2D eigenvalue weighted by atomic mass is 35.5. The van der Waals surface area contributed by atoms with Crippen LogP contribution in [0.2, 0.25) is 5.02 Å². The van der Waals surface area contributed by atoms with Crippen molar-refractivity contribution >= 4 is 17.5 Å². The summed E-state index contributed by atoms with van der Waals surface area (Å²) in [6, 6.07) is 15.6. The van der Waals surface area contributed by atoms with Gasteiger partial charge in [0.15, 0.2) is 0 Å². The molecule has 0 heterocycles. The summed E-state index contributed by atoms with van der Waals surface area (Å²) in [5, 5.41) is 3.66. The molecule has 0 fully saturated rings. The second kappa shape index (κ2) is 9.30. The van der Waals surface area contributed by atoms with E-state index < -0.39 is 0 Å². The van der Waals surface area contributed by atoms with Gasteiger partial charge in [-0.1, -0.05) is 35.9 Å². The fourth-order valence-electron chi connectivity index (χ4n) is 2.48. The highest BCUT2D eigenvalue weighted by Crippen LogP contribution is 2.13. The predicted octanol–water partition coefficient (Wildman–Crippen LogP) is 3.14. The molecule has 4 nitrogen and oxygen atoms in total. The lowest BCUT2D eigenvalue weighted by molar-refractivity contribution is -0.122. The zero-order valence-corrected chi connectivity index (χ0v) is 14.8. The molecule has 0 aliphatic heterocycles. The summed E-state index contributed by atoms with van der Waals surface area (Å²) in [7, 11) is 3.58. The van der Waals surface area contributed by atoms with E-state index in [9.17, 15) is 4.79 Å². The van der Waals surface area contributed by atoms with E-state index in [0.717, 1.165) is 28.3 Å². The molecule has 0 unspecified atom stereocenters. The Balaban J connectivity index is 1.73. The second-order valence-corrected chi connectivity index (χ2v) is 6.19. The zero-order valence-electron chi connectivity index (χ0n) is 14.1. The molecule has 2 rings (SSSR count). The maximum Gasteiger partial charge on any atom is 0.234 e. The third-order valence-corrected chi connectivity index (χ3v) is 3.86. The first-order chi connectivity index (χ1) is 11.6. The summed E-state index contributed by atoms with van der Waals surface area (Å²) in [5.74, 6) is 0.842. The van der Waals surface area contributed by atoms with Crippen LogP contribution in [0, 0.1) is 0 Å². The molecule has 0 saturated carbocycles. The molecule has 2 aromatic rings. The number of rotatable bonds is 8. The molecule has 0 radical (unpaired) electrons. The lowest BCUT2D eigenvalue weighted by Crippen LogP contribution is -2.35. The van der Waals surface area contributed by atoms with Gasteiger partial charge in [0.05, 0.1) is 13.7 Å². The SMILES string of the molecule is COc1cccc(CN(C)CC(=O)NCCc2cccc(Cl)c2)c1. The van der Waals surface area contributed by atoms with Crippen molar-refractivity contribution in [1.29, 1.82) is 0 Å². The average Bonchev–Trinajstić information content (AvgIpc) is 2.55.